The van der Waals surface area contributed by atoms with Gasteiger partial charge in [0, 0.05) is 0 Å². The van der Waals surface area contributed by atoms with Crippen molar-refractivity contribution < 1.29 is 23.9 Å². The highest BCUT2D eigenvalue weighted by Gasteiger charge is 2.45. The Balaban J connectivity index is 2.18. The van der Waals surface area contributed by atoms with Crippen molar-refractivity contribution in [2.24, 2.45) is 5.92 Å². The molecular formula is C28H29NO5. The zero-order valence-corrected chi connectivity index (χ0v) is 19.6. The van der Waals surface area contributed by atoms with Crippen molar-refractivity contribution >= 4 is 17.8 Å². The first-order valence-corrected chi connectivity index (χ1v) is 11.1. The molecule has 0 aliphatic rings. The summed E-state index contributed by atoms with van der Waals surface area (Å²) in [6, 6.07) is 27.2. The Morgan fingerprint density at radius 2 is 1.15 bits per heavy atom. The SMILES string of the molecule is COC(=O)C[C@@H](C)[C@H](NC(=O)C(c1ccccc1)(c1ccccc1)c1ccccc1)C(=O)OC. The summed E-state index contributed by atoms with van der Waals surface area (Å²) in [4.78, 5) is 38.9. The van der Waals surface area contributed by atoms with E-state index < -0.39 is 35.2 Å². The molecule has 0 radical (unpaired) electrons. The third kappa shape index (κ3) is 5.01. The molecule has 3 aromatic rings. The van der Waals surface area contributed by atoms with Crippen LogP contribution in [0.15, 0.2) is 91.0 Å². The number of nitrogens with one attached hydrogen (secondary N) is 1. The lowest BCUT2D eigenvalue weighted by atomic mass is 9.68. The summed E-state index contributed by atoms with van der Waals surface area (Å²) < 4.78 is 9.73. The molecule has 1 N–H and O–H groups in total. The molecule has 0 bridgehead atoms. The van der Waals surface area contributed by atoms with E-state index in [0.717, 1.165) is 16.7 Å². The Bertz CT molecular complexity index is 1000. The molecule has 0 aliphatic carbocycles. The zero-order chi connectivity index (χ0) is 24.6. The van der Waals surface area contributed by atoms with Crippen LogP contribution in [0.1, 0.15) is 30.0 Å². The largest absolute Gasteiger partial charge is 0.469 e. The van der Waals surface area contributed by atoms with Gasteiger partial charge in [-0.2, -0.15) is 0 Å². The van der Waals surface area contributed by atoms with Crippen LogP contribution in [0.25, 0.3) is 0 Å². The minimum absolute atomic E-state index is 0.0500. The molecule has 1 amide bonds. The predicted octanol–water partition coefficient (Wildman–Crippen LogP) is 3.88. The second-order valence-electron chi connectivity index (χ2n) is 8.08. The van der Waals surface area contributed by atoms with Crippen molar-refractivity contribution in [3.63, 3.8) is 0 Å². The molecule has 0 saturated carbocycles. The number of carbonyl (C=O) groups excluding carboxylic acids is 3. The molecular weight excluding hydrogens is 430 g/mol. The number of amides is 1. The van der Waals surface area contributed by atoms with Gasteiger partial charge in [-0.15, -0.1) is 0 Å². The van der Waals surface area contributed by atoms with Crippen LogP contribution in [0, 0.1) is 5.92 Å². The summed E-state index contributed by atoms with van der Waals surface area (Å²) >= 11 is 0. The van der Waals surface area contributed by atoms with E-state index in [0.29, 0.717) is 0 Å². The molecule has 6 nitrogen and oxygen atoms in total. The van der Waals surface area contributed by atoms with Gasteiger partial charge in [0.05, 0.1) is 20.6 Å². The second-order valence-corrected chi connectivity index (χ2v) is 8.08. The quantitative estimate of drug-likeness (QED) is 0.388. The van der Waals surface area contributed by atoms with Gasteiger partial charge in [-0.1, -0.05) is 97.9 Å². The van der Waals surface area contributed by atoms with Gasteiger partial charge in [-0.3, -0.25) is 9.59 Å². The number of esters is 2. The lowest BCUT2D eigenvalue weighted by Gasteiger charge is -2.36. The topological polar surface area (TPSA) is 81.7 Å². The van der Waals surface area contributed by atoms with Crippen LogP contribution in [-0.2, 0) is 29.3 Å². The van der Waals surface area contributed by atoms with Crippen molar-refractivity contribution in [1.29, 1.82) is 0 Å². The molecule has 6 heteroatoms. The molecule has 0 unspecified atom stereocenters. The third-order valence-corrected chi connectivity index (χ3v) is 5.99. The standard InChI is InChI=1S/C28H29NO5/c1-20(19-24(30)33-2)25(26(31)34-3)29-27(32)28(21-13-7-4-8-14-21,22-15-9-5-10-16-22)23-17-11-6-12-18-23/h4-18,20,25H,19H2,1-3H3,(H,29,32)/t20-,25+/m1/s1. The van der Waals surface area contributed by atoms with E-state index in [1.54, 1.807) is 6.92 Å². The Morgan fingerprint density at radius 3 is 1.50 bits per heavy atom. The summed E-state index contributed by atoms with van der Waals surface area (Å²) in [5, 5.41) is 2.91. The Hall–Kier alpha value is -3.93. The van der Waals surface area contributed by atoms with E-state index in [1.165, 1.54) is 14.2 Å². The monoisotopic (exact) mass is 459 g/mol. The van der Waals surface area contributed by atoms with E-state index >= 15 is 0 Å². The van der Waals surface area contributed by atoms with Gasteiger partial charge in [0.25, 0.3) is 0 Å². The smallest absolute Gasteiger partial charge is 0.328 e. The van der Waals surface area contributed by atoms with Crippen molar-refractivity contribution in [2.45, 2.75) is 24.8 Å². The zero-order valence-electron chi connectivity index (χ0n) is 19.6. The predicted molar refractivity (Wildman–Crippen MR) is 129 cm³/mol. The number of methoxy groups -OCH3 is 2. The van der Waals surface area contributed by atoms with Gasteiger partial charge in [0.2, 0.25) is 5.91 Å². The Labute approximate surface area is 199 Å². The lowest BCUT2D eigenvalue weighted by Crippen LogP contribution is -2.54. The van der Waals surface area contributed by atoms with E-state index in [1.807, 2.05) is 91.0 Å². The maximum absolute atomic E-state index is 14.3. The number of carbonyl (C=O) groups is 3. The molecule has 0 heterocycles. The first-order chi connectivity index (χ1) is 16.4. The first kappa shape index (κ1) is 24.7. The molecule has 0 aromatic heterocycles. The van der Waals surface area contributed by atoms with Gasteiger partial charge in [0.15, 0.2) is 0 Å². The van der Waals surface area contributed by atoms with Crippen LogP contribution in [0.3, 0.4) is 0 Å². The molecule has 0 spiro atoms. The second kappa shape index (κ2) is 11.3. The van der Waals surface area contributed by atoms with E-state index in [2.05, 4.69) is 5.32 Å². The molecule has 3 rings (SSSR count). The number of hydrogen-bond acceptors (Lipinski definition) is 5. The van der Waals surface area contributed by atoms with Gasteiger partial charge in [0.1, 0.15) is 11.5 Å². The molecule has 2 atom stereocenters. The minimum atomic E-state index is -1.25. The van der Waals surface area contributed by atoms with Crippen molar-refractivity contribution in [1.82, 2.24) is 5.32 Å². The molecule has 34 heavy (non-hydrogen) atoms. The highest BCUT2D eigenvalue weighted by Crippen LogP contribution is 2.39. The normalized spacial score (nSPS) is 12.8. The maximum Gasteiger partial charge on any atom is 0.328 e. The van der Waals surface area contributed by atoms with E-state index in [4.69, 9.17) is 9.47 Å². The summed E-state index contributed by atoms with van der Waals surface area (Å²) in [5.74, 6) is -2.06. The number of rotatable bonds is 9. The molecule has 176 valence electrons. The molecule has 0 aliphatic heterocycles. The number of hydrogen-bond donors (Lipinski definition) is 1. The lowest BCUT2D eigenvalue weighted by molar-refractivity contribution is -0.148. The fourth-order valence-corrected chi connectivity index (χ4v) is 4.23. The van der Waals surface area contributed by atoms with E-state index in [9.17, 15) is 14.4 Å². The van der Waals surface area contributed by atoms with Gasteiger partial charge >= 0.3 is 11.9 Å². The molecule has 0 fully saturated rings. The van der Waals surface area contributed by atoms with Crippen molar-refractivity contribution in [2.75, 3.05) is 14.2 Å². The summed E-state index contributed by atoms with van der Waals surface area (Å²) in [7, 11) is 2.54. The Kier molecular flexibility index (Phi) is 8.19. The third-order valence-electron chi connectivity index (χ3n) is 5.99. The average molecular weight is 460 g/mol. The fraction of sp³-hybridized carbons (Fsp3) is 0.250. The molecule has 0 saturated heterocycles. The van der Waals surface area contributed by atoms with Crippen molar-refractivity contribution in [3.8, 4) is 0 Å². The van der Waals surface area contributed by atoms with Crippen LogP contribution in [0.5, 0.6) is 0 Å². The maximum atomic E-state index is 14.3. The van der Waals surface area contributed by atoms with Crippen LogP contribution >= 0.6 is 0 Å². The highest BCUT2D eigenvalue weighted by atomic mass is 16.5. The van der Waals surface area contributed by atoms with Crippen molar-refractivity contribution in [3.05, 3.63) is 108 Å². The Morgan fingerprint density at radius 1 is 0.735 bits per heavy atom. The average Bonchev–Trinajstić information content (AvgIpc) is 2.89. The summed E-state index contributed by atoms with van der Waals surface area (Å²) in [6.45, 7) is 1.70. The van der Waals surface area contributed by atoms with Crippen LogP contribution in [0.4, 0.5) is 0 Å². The fourth-order valence-electron chi connectivity index (χ4n) is 4.23. The first-order valence-electron chi connectivity index (χ1n) is 11.1. The van der Waals surface area contributed by atoms with Gasteiger partial charge in [-0.25, -0.2) is 4.79 Å². The van der Waals surface area contributed by atoms with Gasteiger partial charge in [-0.05, 0) is 22.6 Å². The summed E-state index contributed by atoms with van der Waals surface area (Å²) in [6.07, 6.45) is -0.0500. The highest BCUT2D eigenvalue weighted by molar-refractivity contribution is 5.98. The van der Waals surface area contributed by atoms with Crippen LogP contribution in [-0.4, -0.2) is 38.1 Å². The number of ether oxygens (including phenoxy) is 2. The minimum Gasteiger partial charge on any atom is -0.469 e. The van der Waals surface area contributed by atoms with Crippen LogP contribution < -0.4 is 5.32 Å². The van der Waals surface area contributed by atoms with Gasteiger partial charge < -0.3 is 14.8 Å². The van der Waals surface area contributed by atoms with E-state index in [-0.39, 0.29) is 6.42 Å². The molecule has 3 aromatic carbocycles. The number of benzene rings is 3. The van der Waals surface area contributed by atoms with Crippen LogP contribution in [0.2, 0.25) is 0 Å². The summed E-state index contributed by atoms with van der Waals surface area (Å²) in [5.41, 5.74) is 0.985.